The fraction of sp³-hybridized carbons (Fsp3) is 1.00. The fourth-order valence-electron chi connectivity index (χ4n) is 3.27. The Morgan fingerprint density at radius 1 is 0.583 bits per heavy atom. The average Bonchev–Trinajstić information content (AvgIpc) is 2.59. The lowest BCUT2D eigenvalue weighted by Gasteiger charge is -2.09. The van der Waals surface area contributed by atoms with Crippen LogP contribution in [-0.4, -0.2) is 24.4 Å². The van der Waals surface area contributed by atoms with Gasteiger partial charge in [0.25, 0.3) is 0 Å². The molecule has 0 aliphatic carbocycles. The van der Waals surface area contributed by atoms with E-state index in [9.17, 15) is 5.11 Å². The minimum absolute atomic E-state index is 0.253. The summed E-state index contributed by atoms with van der Waals surface area (Å²) in [5.74, 6) is 0. The van der Waals surface area contributed by atoms with Gasteiger partial charge in [-0.15, -0.1) is 0 Å². The summed E-state index contributed by atoms with van der Waals surface area (Å²) in [6, 6.07) is 0. The third-order valence-electron chi connectivity index (χ3n) is 4.91. The second-order valence-corrected chi connectivity index (χ2v) is 7.41. The summed E-state index contributed by atoms with van der Waals surface area (Å²) in [7, 11) is 0. The monoisotopic (exact) mass is 342 g/mol. The van der Waals surface area contributed by atoms with Gasteiger partial charge < -0.3 is 9.84 Å². The first kappa shape index (κ1) is 23.9. The zero-order valence-corrected chi connectivity index (χ0v) is 16.9. The molecule has 0 aliphatic rings. The van der Waals surface area contributed by atoms with Crippen LogP contribution in [0, 0.1) is 0 Å². The zero-order valence-electron chi connectivity index (χ0n) is 16.9. The van der Waals surface area contributed by atoms with Gasteiger partial charge in [-0.3, -0.25) is 0 Å². The van der Waals surface area contributed by atoms with Crippen molar-refractivity contribution in [3.63, 3.8) is 0 Å². The Labute approximate surface area is 152 Å². The van der Waals surface area contributed by atoms with Crippen LogP contribution in [0.3, 0.4) is 0 Å². The van der Waals surface area contributed by atoms with Crippen LogP contribution in [0.2, 0.25) is 0 Å². The van der Waals surface area contributed by atoms with E-state index in [-0.39, 0.29) is 6.10 Å². The Morgan fingerprint density at radius 3 is 1.33 bits per heavy atom. The molecule has 2 nitrogen and oxygen atoms in total. The van der Waals surface area contributed by atoms with Gasteiger partial charge in [-0.05, 0) is 13.3 Å². The quantitative estimate of drug-likeness (QED) is 0.240. The lowest BCUT2D eigenvalue weighted by Crippen LogP contribution is -2.14. The van der Waals surface area contributed by atoms with Crippen molar-refractivity contribution < 1.29 is 9.84 Å². The molecule has 0 amide bonds. The van der Waals surface area contributed by atoms with Crippen LogP contribution in [0.5, 0.6) is 0 Å². The molecule has 146 valence electrons. The normalized spacial score (nSPS) is 12.6. The number of hydrogen-bond donors (Lipinski definition) is 1. The summed E-state index contributed by atoms with van der Waals surface area (Å²) in [5.41, 5.74) is 0. The van der Waals surface area contributed by atoms with Crippen molar-refractivity contribution >= 4 is 0 Å². The van der Waals surface area contributed by atoms with E-state index in [0.29, 0.717) is 13.2 Å². The lowest BCUT2D eigenvalue weighted by atomic mass is 10.0. The van der Waals surface area contributed by atoms with Crippen molar-refractivity contribution in [1.29, 1.82) is 0 Å². The molecule has 0 aromatic rings. The number of aliphatic hydroxyl groups excluding tert-OH is 1. The van der Waals surface area contributed by atoms with Gasteiger partial charge in [-0.1, -0.05) is 110 Å². The highest BCUT2D eigenvalue weighted by atomic mass is 16.5. The van der Waals surface area contributed by atoms with Crippen molar-refractivity contribution in [1.82, 2.24) is 0 Å². The second-order valence-electron chi connectivity index (χ2n) is 7.41. The Hall–Kier alpha value is -0.0800. The van der Waals surface area contributed by atoms with Crippen LogP contribution in [0.15, 0.2) is 0 Å². The molecule has 0 heterocycles. The van der Waals surface area contributed by atoms with Crippen molar-refractivity contribution in [3.8, 4) is 0 Å². The first-order chi connectivity index (χ1) is 11.8. The highest BCUT2D eigenvalue weighted by Gasteiger charge is 2.03. The molecule has 24 heavy (non-hydrogen) atoms. The molecule has 0 saturated heterocycles. The summed E-state index contributed by atoms with van der Waals surface area (Å²) >= 11 is 0. The molecule has 0 aromatic heterocycles. The van der Waals surface area contributed by atoms with Crippen LogP contribution < -0.4 is 0 Å². The summed E-state index contributed by atoms with van der Waals surface area (Å²) in [6.45, 7) is 5.47. The van der Waals surface area contributed by atoms with Gasteiger partial charge in [0, 0.05) is 6.61 Å². The van der Waals surface area contributed by atoms with Gasteiger partial charge >= 0.3 is 0 Å². The fourth-order valence-corrected chi connectivity index (χ4v) is 3.27. The molecule has 0 aliphatic heterocycles. The molecule has 0 unspecified atom stereocenters. The average molecular weight is 343 g/mol. The number of unbranched alkanes of at least 4 members (excludes halogenated alkanes) is 15. The van der Waals surface area contributed by atoms with Gasteiger partial charge in [0.15, 0.2) is 0 Å². The predicted molar refractivity (Wildman–Crippen MR) is 107 cm³/mol. The van der Waals surface area contributed by atoms with Crippen LogP contribution in [0.25, 0.3) is 0 Å². The summed E-state index contributed by atoms with van der Waals surface area (Å²) in [5, 5.41) is 9.67. The van der Waals surface area contributed by atoms with Crippen LogP contribution in [0.4, 0.5) is 0 Å². The SMILES string of the molecule is CCCCCCCCCCCCCCCCCC[C@@H](O)COCC. The molecule has 1 atom stereocenters. The first-order valence-corrected chi connectivity index (χ1v) is 11.1. The zero-order chi connectivity index (χ0) is 17.7. The van der Waals surface area contributed by atoms with Crippen molar-refractivity contribution in [2.75, 3.05) is 13.2 Å². The molecule has 0 rings (SSSR count). The van der Waals surface area contributed by atoms with Gasteiger partial charge in [0.1, 0.15) is 0 Å². The van der Waals surface area contributed by atoms with Gasteiger partial charge in [-0.2, -0.15) is 0 Å². The highest BCUT2D eigenvalue weighted by molar-refractivity contribution is 4.55. The van der Waals surface area contributed by atoms with E-state index in [1.54, 1.807) is 0 Å². The highest BCUT2D eigenvalue weighted by Crippen LogP contribution is 2.14. The topological polar surface area (TPSA) is 29.5 Å². The maximum absolute atomic E-state index is 9.67. The van der Waals surface area contributed by atoms with Crippen LogP contribution in [0.1, 0.15) is 123 Å². The van der Waals surface area contributed by atoms with Gasteiger partial charge in [0.2, 0.25) is 0 Å². The Balaban J connectivity index is 3.02. The number of rotatable bonds is 20. The number of hydrogen-bond acceptors (Lipinski definition) is 2. The smallest absolute Gasteiger partial charge is 0.0773 e. The molecular formula is C22H46O2. The first-order valence-electron chi connectivity index (χ1n) is 11.1. The van der Waals surface area contributed by atoms with Gasteiger partial charge in [-0.25, -0.2) is 0 Å². The largest absolute Gasteiger partial charge is 0.391 e. The molecule has 0 spiro atoms. The Morgan fingerprint density at radius 2 is 0.958 bits per heavy atom. The minimum Gasteiger partial charge on any atom is -0.391 e. The standard InChI is InChI=1S/C22H46O2/c1-3-5-6-7-8-9-10-11-12-13-14-15-16-17-18-19-20-22(23)21-24-4-2/h22-23H,3-21H2,1-2H3/t22-/m1/s1. The van der Waals surface area contributed by atoms with E-state index >= 15 is 0 Å². The van der Waals surface area contributed by atoms with E-state index in [2.05, 4.69) is 6.92 Å². The molecule has 0 saturated carbocycles. The molecule has 1 N–H and O–H groups in total. The predicted octanol–water partition coefficient (Wildman–Crippen LogP) is 7.04. The Kier molecular flexibility index (Phi) is 20.9. The molecule has 0 aromatic carbocycles. The third kappa shape index (κ3) is 20.0. The van der Waals surface area contributed by atoms with Crippen molar-refractivity contribution in [3.05, 3.63) is 0 Å². The van der Waals surface area contributed by atoms with E-state index in [4.69, 9.17) is 4.74 Å². The van der Waals surface area contributed by atoms with E-state index < -0.39 is 0 Å². The van der Waals surface area contributed by atoms with E-state index in [1.165, 1.54) is 96.3 Å². The summed E-state index contributed by atoms with van der Waals surface area (Å²) in [4.78, 5) is 0. The lowest BCUT2D eigenvalue weighted by molar-refractivity contribution is 0.0368. The molecular weight excluding hydrogens is 296 g/mol. The Bertz CT molecular complexity index is 218. The minimum atomic E-state index is -0.253. The summed E-state index contributed by atoms with van der Waals surface area (Å²) < 4.78 is 5.22. The second kappa shape index (κ2) is 21.0. The molecule has 2 heteroatoms. The molecule has 0 fully saturated rings. The van der Waals surface area contributed by atoms with Crippen molar-refractivity contribution in [2.24, 2.45) is 0 Å². The van der Waals surface area contributed by atoms with Crippen LogP contribution >= 0.6 is 0 Å². The maximum Gasteiger partial charge on any atom is 0.0773 e. The van der Waals surface area contributed by atoms with E-state index in [0.717, 1.165) is 12.8 Å². The summed E-state index contributed by atoms with van der Waals surface area (Å²) in [6.07, 6.45) is 23.0. The van der Waals surface area contributed by atoms with Crippen LogP contribution in [-0.2, 0) is 4.74 Å². The molecule has 0 bridgehead atoms. The van der Waals surface area contributed by atoms with Gasteiger partial charge in [0.05, 0.1) is 12.7 Å². The third-order valence-corrected chi connectivity index (χ3v) is 4.91. The maximum atomic E-state index is 9.67. The number of aliphatic hydroxyl groups is 1. The molecule has 0 radical (unpaired) electrons. The number of ether oxygens (including phenoxy) is 1. The van der Waals surface area contributed by atoms with Crippen molar-refractivity contribution in [2.45, 2.75) is 129 Å². The van der Waals surface area contributed by atoms with E-state index in [1.807, 2.05) is 6.92 Å².